The fraction of sp³-hybridized carbons (Fsp3) is 0.455. The SMILES string of the molecule is COc1cc(NS(=O)(=O)N(C)CCCO)ccc1F. The van der Waals surface area contributed by atoms with Crippen molar-refractivity contribution in [3.63, 3.8) is 0 Å². The zero-order valence-corrected chi connectivity index (χ0v) is 11.6. The molecular formula is C11H17FN2O4S. The Hall–Kier alpha value is -1.38. The lowest BCUT2D eigenvalue weighted by molar-refractivity contribution is 0.276. The van der Waals surface area contributed by atoms with Crippen molar-refractivity contribution in [1.29, 1.82) is 0 Å². The van der Waals surface area contributed by atoms with Crippen molar-refractivity contribution >= 4 is 15.9 Å². The first-order valence-corrected chi connectivity index (χ1v) is 7.03. The van der Waals surface area contributed by atoms with Gasteiger partial charge in [-0.3, -0.25) is 4.72 Å². The van der Waals surface area contributed by atoms with Gasteiger partial charge in [-0.2, -0.15) is 12.7 Å². The van der Waals surface area contributed by atoms with Crippen LogP contribution in [0, 0.1) is 5.82 Å². The van der Waals surface area contributed by atoms with E-state index in [0.29, 0.717) is 6.42 Å². The summed E-state index contributed by atoms with van der Waals surface area (Å²) in [6.45, 7) is 0.0917. The van der Waals surface area contributed by atoms with Gasteiger partial charge in [0.15, 0.2) is 11.6 Å². The Labute approximate surface area is 112 Å². The van der Waals surface area contributed by atoms with Crippen LogP contribution in [0.15, 0.2) is 18.2 Å². The van der Waals surface area contributed by atoms with E-state index >= 15 is 0 Å². The average Bonchev–Trinajstić information content (AvgIpc) is 2.37. The summed E-state index contributed by atoms with van der Waals surface area (Å²) in [6, 6.07) is 3.67. The third-order valence-electron chi connectivity index (χ3n) is 2.44. The number of ether oxygens (including phenoxy) is 1. The zero-order chi connectivity index (χ0) is 14.5. The van der Waals surface area contributed by atoms with Crippen LogP contribution in [-0.2, 0) is 10.2 Å². The van der Waals surface area contributed by atoms with Crippen molar-refractivity contribution in [3.05, 3.63) is 24.0 Å². The van der Waals surface area contributed by atoms with Gasteiger partial charge in [-0.15, -0.1) is 0 Å². The number of methoxy groups -OCH3 is 1. The summed E-state index contributed by atoms with van der Waals surface area (Å²) in [5, 5.41) is 8.67. The number of nitrogens with one attached hydrogen (secondary N) is 1. The van der Waals surface area contributed by atoms with Crippen molar-refractivity contribution in [2.75, 3.05) is 32.0 Å². The van der Waals surface area contributed by atoms with E-state index in [-0.39, 0.29) is 24.6 Å². The Morgan fingerprint density at radius 2 is 2.16 bits per heavy atom. The van der Waals surface area contributed by atoms with Crippen molar-refractivity contribution in [2.45, 2.75) is 6.42 Å². The molecule has 0 spiro atoms. The highest BCUT2D eigenvalue weighted by Crippen LogP contribution is 2.22. The lowest BCUT2D eigenvalue weighted by atomic mass is 10.3. The number of anilines is 1. The number of hydrogen-bond donors (Lipinski definition) is 2. The minimum absolute atomic E-state index is 0.0433. The first kappa shape index (κ1) is 15.7. The molecule has 0 amide bonds. The number of aliphatic hydroxyl groups is 1. The minimum atomic E-state index is -3.73. The van der Waals surface area contributed by atoms with E-state index in [2.05, 4.69) is 4.72 Å². The number of aliphatic hydroxyl groups excluding tert-OH is 1. The molecule has 2 N–H and O–H groups in total. The topological polar surface area (TPSA) is 78.9 Å². The molecule has 8 heteroatoms. The van der Waals surface area contributed by atoms with E-state index in [1.54, 1.807) is 0 Å². The van der Waals surface area contributed by atoms with E-state index in [1.807, 2.05) is 0 Å². The molecular weight excluding hydrogens is 275 g/mol. The van der Waals surface area contributed by atoms with Crippen molar-refractivity contribution < 1.29 is 22.7 Å². The molecule has 0 atom stereocenters. The molecule has 1 rings (SSSR count). The highest BCUT2D eigenvalue weighted by Gasteiger charge is 2.17. The summed E-state index contributed by atoms with van der Waals surface area (Å²) in [4.78, 5) is 0. The molecule has 0 aliphatic carbocycles. The van der Waals surface area contributed by atoms with Gasteiger partial charge in [0.25, 0.3) is 0 Å². The molecule has 0 aromatic heterocycles. The highest BCUT2D eigenvalue weighted by atomic mass is 32.2. The second-order valence-electron chi connectivity index (χ2n) is 3.86. The maximum atomic E-state index is 13.2. The van der Waals surface area contributed by atoms with Gasteiger partial charge in [-0.05, 0) is 18.6 Å². The molecule has 1 aromatic rings. The molecule has 0 aliphatic rings. The van der Waals surface area contributed by atoms with E-state index in [4.69, 9.17) is 9.84 Å². The summed E-state index contributed by atoms with van der Waals surface area (Å²) in [7, 11) is -1.05. The molecule has 19 heavy (non-hydrogen) atoms. The molecule has 0 unspecified atom stereocenters. The summed E-state index contributed by atoms with van der Waals surface area (Å²) in [5.74, 6) is -0.614. The van der Waals surface area contributed by atoms with Crippen LogP contribution in [0.5, 0.6) is 5.75 Å². The van der Waals surface area contributed by atoms with Gasteiger partial charge >= 0.3 is 10.2 Å². The maximum absolute atomic E-state index is 13.2. The van der Waals surface area contributed by atoms with Crippen molar-refractivity contribution in [2.24, 2.45) is 0 Å². The Balaban J connectivity index is 2.83. The maximum Gasteiger partial charge on any atom is 0.301 e. The van der Waals surface area contributed by atoms with Crippen LogP contribution in [0.4, 0.5) is 10.1 Å². The lowest BCUT2D eigenvalue weighted by Gasteiger charge is -2.18. The fourth-order valence-corrected chi connectivity index (χ4v) is 2.31. The quantitative estimate of drug-likeness (QED) is 0.779. The Morgan fingerprint density at radius 1 is 1.47 bits per heavy atom. The normalized spacial score (nSPS) is 11.6. The van der Waals surface area contributed by atoms with Gasteiger partial charge in [0.05, 0.1) is 12.8 Å². The third-order valence-corrected chi connectivity index (χ3v) is 3.94. The van der Waals surface area contributed by atoms with Gasteiger partial charge < -0.3 is 9.84 Å². The monoisotopic (exact) mass is 292 g/mol. The summed E-state index contributed by atoms with van der Waals surface area (Å²) >= 11 is 0. The van der Waals surface area contributed by atoms with Crippen molar-refractivity contribution in [1.82, 2.24) is 4.31 Å². The Kier molecular flexibility index (Phi) is 5.52. The molecule has 108 valence electrons. The number of rotatable bonds is 7. The molecule has 0 saturated carbocycles. The van der Waals surface area contributed by atoms with Crippen LogP contribution in [0.1, 0.15) is 6.42 Å². The van der Waals surface area contributed by atoms with Gasteiger partial charge in [0.1, 0.15) is 0 Å². The third kappa shape index (κ3) is 4.34. The predicted molar refractivity (Wildman–Crippen MR) is 69.8 cm³/mol. The molecule has 0 radical (unpaired) electrons. The summed E-state index contributed by atoms with van der Waals surface area (Å²) in [6.07, 6.45) is 0.337. The van der Waals surface area contributed by atoms with Crippen LogP contribution in [0.25, 0.3) is 0 Å². The molecule has 1 aromatic carbocycles. The lowest BCUT2D eigenvalue weighted by Crippen LogP contribution is -2.33. The van der Waals surface area contributed by atoms with Gasteiger partial charge in [-0.25, -0.2) is 4.39 Å². The van der Waals surface area contributed by atoms with E-state index in [0.717, 1.165) is 10.4 Å². The average molecular weight is 292 g/mol. The molecule has 0 aliphatic heterocycles. The number of benzene rings is 1. The van der Waals surface area contributed by atoms with E-state index in [1.165, 1.54) is 26.3 Å². The first-order chi connectivity index (χ1) is 8.90. The van der Waals surface area contributed by atoms with E-state index < -0.39 is 16.0 Å². The second-order valence-corrected chi connectivity index (χ2v) is 5.63. The fourth-order valence-electron chi connectivity index (χ4n) is 1.36. The van der Waals surface area contributed by atoms with Gasteiger partial charge in [0, 0.05) is 26.3 Å². The second kappa shape index (κ2) is 6.69. The van der Waals surface area contributed by atoms with E-state index in [9.17, 15) is 12.8 Å². The predicted octanol–water partition coefficient (Wildman–Crippen LogP) is 0.805. The molecule has 0 fully saturated rings. The molecule has 0 saturated heterocycles. The minimum Gasteiger partial charge on any atom is -0.494 e. The van der Waals surface area contributed by atoms with Crippen LogP contribution in [-0.4, -0.2) is 45.1 Å². The summed E-state index contributed by atoms with van der Waals surface area (Å²) in [5.41, 5.74) is 0.203. The number of hydrogen-bond acceptors (Lipinski definition) is 4. The smallest absolute Gasteiger partial charge is 0.301 e. The number of nitrogens with zero attached hydrogens (tertiary/aromatic N) is 1. The molecule has 0 bridgehead atoms. The van der Waals surface area contributed by atoms with Crippen LogP contribution in [0.2, 0.25) is 0 Å². The highest BCUT2D eigenvalue weighted by molar-refractivity contribution is 7.90. The van der Waals surface area contributed by atoms with Crippen LogP contribution >= 0.6 is 0 Å². The van der Waals surface area contributed by atoms with Gasteiger partial charge in [0.2, 0.25) is 0 Å². The Morgan fingerprint density at radius 3 is 2.74 bits per heavy atom. The largest absolute Gasteiger partial charge is 0.494 e. The van der Waals surface area contributed by atoms with Crippen LogP contribution in [0.3, 0.4) is 0 Å². The zero-order valence-electron chi connectivity index (χ0n) is 10.8. The first-order valence-electron chi connectivity index (χ1n) is 5.59. The summed E-state index contributed by atoms with van der Waals surface area (Å²) < 4.78 is 45.1. The van der Waals surface area contributed by atoms with Crippen molar-refractivity contribution in [3.8, 4) is 5.75 Å². The van der Waals surface area contributed by atoms with Gasteiger partial charge in [-0.1, -0.05) is 0 Å². The van der Waals surface area contributed by atoms with Crippen LogP contribution < -0.4 is 9.46 Å². The standard InChI is InChI=1S/C11H17FN2O4S/c1-14(6-3-7-15)19(16,17)13-9-4-5-10(12)11(8-9)18-2/h4-5,8,13,15H,3,6-7H2,1-2H3. The molecule has 6 nitrogen and oxygen atoms in total. The number of halogens is 1. The Bertz CT molecular complexity index is 521. The molecule has 0 heterocycles.